The minimum atomic E-state index is -1.14. The number of rotatable bonds is 14. The van der Waals surface area contributed by atoms with Crippen molar-refractivity contribution in [1.29, 1.82) is 0 Å². The number of carbonyl (C=O) groups excluding carboxylic acids is 1. The number of nitrogens with zero attached hydrogens (tertiary/aromatic N) is 3. The topological polar surface area (TPSA) is 82.9 Å². The number of hydrogen-bond acceptors (Lipinski definition) is 7. The highest BCUT2D eigenvalue weighted by Crippen LogP contribution is 2.52. The number of amides is 1. The van der Waals surface area contributed by atoms with Crippen molar-refractivity contribution in [1.82, 2.24) is 9.47 Å². The molecule has 10 heteroatoms. The Morgan fingerprint density at radius 1 is 0.845 bits per heavy atom. The number of thioether (sulfide) groups is 1. The molecule has 0 bridgehead atoms. The summed E-state index contributed by atoms with van der Waals surface area (Å²) in [5, 5.41) is 9.78. The summed E-state index contributed by atoms with van der Waals surface area (Å²) in [6, 6.07) is 36.6. The van der Waals surface area contributed by atoms with Gasteiger partial charge >= 0.3 is 5.97 Å². The van der Waals surface area contributed by atoms with Crippen LogP contribution in [0.5, 0.6) is 0 Å². The van der Waals surface area contributed by atoms with E-state index in [2.05, 4.69) is 103 Å². The monoisotopic (exact) mass is 825 g/mol. The predicted molar refractivity (Wildman–Crippen MR) is 243 cm³/mol. The number of unbranched alkanes of at least 4 members (excludes halogenated alkanes) is 5. The van der Waals surface area contributed by atoms with Crippen LogP contribution >= 0.6 is 35.3 Å². The third-order valence-electron chi connectivity index (χ3n) is 11.5. The van der Waals surface area contributed by atoms with Crippen molar-refractivity contribution in [3.05, 3.63) is 150 Å². The van der Waals surface area contributed by atoms with Crippen LogP contribution in [-0.2, 0) is 16.1 Å². The first-order valence-electron chi connectivity index (χ1n) is 20.4. The van der Waals surface area contributed by atoms with Crippen LogP contribution in [-0.4, -0.2) is 43.4 Å². The molecular weight excluding hydrogens is 779 g/mol. The number of thiocarbonyl (C=S) groups is 1. The number of fused-ring (bicyclic) bond motifs is 3. The van der Waals surface area contributed by atoms with Gasteiger partial charge < -0.3 is 10.0 Å². The van der Waals surface area contributed by atoms with Gasteiger partial charge in [0.15, 0.2) is 0 Å². The fourth-order valence-electron chi connectivity index (χ4n) is 8.66. The third kappa shape index (κ3) is 8.28. The zero-order valence-electron chi connectivity index (χ0n) is 32.6. The first-order valence-corrected chi connectivity index (χ1v) is 22.4. The number of aliphatic carboxylic acids is 1. The summed E-state index contributed by atoms with van der Waals surface area (Å²) in [6.45, 7) is 2.18. The SMILES string of the molecule is CCCCCCCCN1C(=O)/C(=c2\s/c(=C/c3ccc4c(c3)[C@@H]3CCC[C@@H]3N4c3ccc(C=C(c4ccccc4)c4ccccc4)cc3)c(=O)n2CC(=O)O)SC1=S. The molecule has 58 heavy (non-hydrogen) atoms. The van der Waals surface area contributed by atoms with E-state index in [1.54, 1.807) is 4.90 Å². The van der Waals surface area contributed by atoms with Gasteiger partial charge in [-0.2, -0.15) is 0 Å². The van der Waals surface area contributed by atoms with Crippen molar-refractivity contribution in [2.75, 3.05) is 11.4 Å². The van der Waals surface area contributed by atoms with Crippen LogP contribution in [0, 0.1) is 0 Å². The number of carbonyl (C=O) groups is 2. The highest BCUT2D eigenvalue weighted by atomic mass is 32.2. The van der Waals surface area contributed by atoms with Crippen LogP contribution in [0.1, 0.15) is 98.4 Å². The number of benzene rings is 4. The molecule has 296 valence electrons. The van der Waals surface area contributed by atoms with Crippen LogP contribution in [0.25, 0.3) is 22.6 Å². The van der Waals surface area contributed by atoms with Crippen LogP contribution in [0.4, 0.5) is 11.4 Å². The number of aromatic nitrogens is 1. The van der Waals surface area contributed by atoms with Gasteiger partial charge in [0.25, 0.3) is 11.5 Å². The lowest BCUT2D eigenvalue weighted by molar-refractivity contribution is -0.137. The van der Waals surface area contributed by atoms with E-state index in [0.29, 0.717) is 36.9 Å². The van der Waals surface area contributed by atoms with Gasteiger partial charge in [-0.25, -0.2) is 0 Å². The van der Waals surface area contributed by atoms with Gasteiger partial charge in [0, 0.05) is 29.9 Å². The minimum Gasteiger partial charge on any atom is -0.480 e. The van der Waals surface area contributed by atoms with Gasteiger partial charge in [0.2, 0.25) is 0 Å². The standard InChI is InChI=1S/C48H47N3O4S3/c1-2-3-4-5-6-13-27-49-46(55)44(58-48(49)56)47-50(31-43(52)53)45(54)42(57-47)30-33-23-26-41-39(29-33)37-19-14-20-40(37)51(41)36-24-21-32(22-25-36)28-38(34-15-9-7-10-16-34)35-17-11-8-12-18-35/h7-12,15-18,21-26,28-30,37,40H,2-6,13-14,19-20,27,31H2,1H3,(H,52,53)/b42-30+,47-44+/t37-,40-/m0/s1. The van der Waals surface area contributed by atoms with E-state index in [4.69, 9.17) is 12.2 Å². The summed E-state index contributed by atoms with van der Waals surface area (Å²) in [5.41, 5.74) is 8.72. The molecule has 0 radical (unpaired) electrons. The van der Waals surface area contributed by atoms with E-state index in [1.165, 1.54) is 63.1 Å². The normalized spacial score (nSPS) is 18.5. The number of thiazole rings is 1. The molecule has 1 N–H and O–H groups in total. The second kappa shape index (κ2) is 17.9. The van der Waals surface area contributed by atoms with Crippen molar-refractivity contribution >= 4 is 85.5 Å². The van der Waals surface area contributed by atoms with E-state index in [-0.39, 0.29) is 5.91 Å². The van der Waals surface area contributed by atoms with Crippen LogP contribution in [0.2, 0.25) is 0 Å². The maximum atomic E-state index is 13.8. The molecular formula is C48H47N3O4S3. The molecule has 2 aliphatic heterocycles. The Morgan fingerprint density at radius 2 is 1.52 bits per heavy atom. The Kier molecular flexibility index (Phi) is 12.2. The summed E-state index contributed by atoms with van der Waals surface area (Å²) >= 11 is 7.94. The first kappa shape index (κ1) is 39.8. The Bertz CT molecular complexity index is 2500. The molecule has 2 atom stereocenters. The van der Waals surface area contributed by atoms with Gasteiger partial charge in [-0.15, -0.1) is 11.3 Å². The quantitative estimate of drug-likeness (QED) is 0.0679. The Hall–Kier alpha value is -5.03. The van der Waals surface area contributed by atoms with Gasteiger partial charge in [-0.1, -0.05) is 148 Å². The van der Waals surface area contributed by atoms with E-state index >= 15 is 0 Å². The van der Waals surface area contributed by atoms with Crippen molar-refractivity contribution in [2.45, 2.75) is 83.2 Å². The molecule has 1 saturated heterocycles. The van der Waals surface area contributed by atoms with E-state index in [0.717, 1.165) is 67.1 Å². The predicted octanol–water partition coefficient (Wildman–Crippen LogP) is 9.53. The molecule has 1 aromatic heterocycles. The molecule has 1 amide bonds. The molecule has 0 spiro atoms. The van der Waals surface area contributed by atoms with Gasteiger partial charge in [-0.3, -0.25) is 23.9 Å². The lowest BCUT2D eigenvalue weighted by Gasteiger charge is -2.27. The molecule has 0 unspecified atom stereocenters. The smallest absolute Gasteiger partial charge is 0.323 e. The number of anilines is 2. The average molecular weight is 826 g/mol. The number of hydrogen-bond donors (Lipinski definition) is 1. The van der Waals surface area contributed by atoms with Gasteiger partial charge in [0.05, 0.1) is 4.53 Å². The average Bonchev–Trinajstić information content (AvgIpc) is 3.98. The zero-order chi connectivity index (χ0) is 40.2. The van der Waals surface area contributed by atoms with Crippen LogP contribution < -0.4 is 19.7 Å². The highest BCUT2D eigenvalue weighted by molar-refractivity contribution is 8.30. The van der Waals surface area contributed by atoms with Crippen molar-refractivity contribution in [3.8, 4) is 0 Å². The molecule has 3 heterocycles. The highest BCUT2D eigenvalue weighted by Gasteiger charge is 2.42. The maximum Gasteiger partial charge on any atom is 0.323 e. The molecule has 5 aromatic rings. The minimum absolute atomic E-state index is 0.253. The molecule has 7 nitrogen and oxygen atoms in total. The van der Waals surface area contributed by atoms with Crippen LogP contribution in [0.15, 0.2) is 108 Å². The second-order valence-electron chi connectivity index (χ2n) is 15.3. The number of carboxylic acids is 1. The summed E-state index contributed by atoms with van der Waals surface area (Å²) in [5.74, 6) is -1.02. The molecule has 1 aliphatic carbocycles. The Balaban J connectivity index is 1.09. The Morgan fingerprint density at radius 3 is 2.21 bits per heavy atom. The first-order chi connectivity index (χ1) is 28.3. The lowest BCUT2D eigenvalue weighted by atomic mass is 9.95. The number of carboxylic acid groups (broad SMARTS) is 1. The molecule has 8 rings (SSSR count). The van der Waals surface area contributed by atoms with Crippen molar-refractivity contribution in [3.63, 3.8) is 0 Å². The van der Waals surface area contributed by atoms with Crippen molar-refractivity contribution < 1.29 is 14.7 Å². The fraction of sp³-hybridized carbons (Fsp3) is 0.292. The second-order valence-corrected chi connectivity index (χ2v) is 18.0. The van der Waals surface area contributed by atoms with E-state index in [1.807, 2.05) is 24.3 Å². The molecule has 1 saturated carbocycles. The van der Waals surface area contributed by atoms with E-state index < -0.39 is 18.1 Å². The summed E-state index contributed by atoms with van der Waals surface area (Å²) in [6.07, 6.45) is 14.0. The third-order valence-corrected chi connectivity index (χ3v) is 14.1. The fourth-order valence-corrected chi connectivity index (χ4v) is 11.2. The largest absolute Gasteiger partial charge is 0.480 e. The van der Waals surface area contributed by atoms with Gasteiger partial charge in [0.1, 0.15) is 20.4 Å². The van der Waals surface area contributed by atoms with Gasteiger partial charge in [-0.05, 0) is 89.1 Å². The molecule has 3 aliphatic rings. The maximum absolute atomic E-state index is 13.8. The summed E-state index contributed by atoms with van der Waals surface area (Å²) in [7, 11) is 0. The van der Waals surface area contributed by atoms with Crippen LogP contribution in [0.3, 0.4) is 0 Å². The molecule has 2 fully saturated rings. The summed E-state index contributed by atoms with van der Waals surface area (Å²) < 4.78 is 2.41. The zero-order valence-corrected chi connectivity index (χ0v) is 35.1. The Labute approximate surface area is 353 Å². The molecule has 4 aromatic carbocycles. The van der Waals surface area contributed by atoms with Crippen molar-refractivity contribution in [2.24, 2.45) is 0 Å². The lowest BCUT2D eigenvalue weighted by Crippen LogP contribution is -2.35. The summed E-state index contributed by atoms with van der Waals surface area (Å²) in [4.78, 5) is 43.9. The van der Waals surface area contributed by atoms with E-state index in [9.17, 15) is 19.5 Å².